The van der Waals surface area contributed by atoms with E-state index < -0.39 is 5.41 Å². The SMILES string of the molecule is CCCC(C#N)(CCC)C(=O)NCC(C)(C)CO. The second-order valence-electron chi connectivity index (χ2n) is 5.70. The molecule has 0 aromatic carbocycles. The van der Waals surface area contributed by atoms with E-state index in [4.69, 9.17) is 5.11 Å². The summed E-state index contributed by atoms with van der Waals surface area (Å²) in [5.74, 6) is -0.199. The molecule has 0 unspecified atom stereocenters. The van der Waals surface area contributed by atoms with E-state index in [0.29, 0.717) is 19.4 Å². The molecule has 0 aliphatic carbocycles. The fourth-order valence-corrected chi connectivity index (χ4v) is 1.91. The number of hydrogen-bond donors (Lipinski definition) is 2. The molecule has 104 valence electrons. The van der Waals surface area contributed by atoms with Crippen LogP contribution in [0.25, 0.3) is 0 Å². The first-order chi connectivity index (χ1) is 8.37. The predicted octanol–water partition coefficient (Wildman–Crippen LogP) is 2.23. The molecule has 1 amide bonds. The van der Waals surface area contributed by atoms with Gasteiger partial charge >= 0.3 is 0 Å². The Hall–Kier alpha value is -1.08. The van der Waals surface area contributed by atoms with Crippen LogP contribution in [-0.4, -0.2) is 24.2 Å². The summed E-state index contributed by atoms with van der Waals surface area (Å²) in [6.45, 7) is 8.11. The molecule has 2 N–H and O–H groups in total. The van der Waals surface area contributed by atoms with Crippen LogP contribution in [0, 0.1) is 22.2 Å². The van der Waals surface area contributed by atoms with Crippen LogP contribution in [0.3, 0.4) is 0 Å². The summed E-state index contributed by atoms with van der Waals surface area (Å²) in [7, 11) is 0. The van der Waals surface area contributed by atoms with Gasteiger partial charge in [-0.1, -0.05) is 40.5 Å². The minimum absolute atomic E-state index is 0.00832. The van der Waals surface area contributed by atoms with E-state index in [9.17, 15) is 10.1 Å². The molecule has 0 radical (unpaired) electrons. The van der Waals surface area contributed by atoms with Gasteiger partial charge < -0.3 is 10.4 Å². The molecule has 4 nitrogen and oxygen atoms in total. The molecule has 0 rings (SSSR count). The Kier molecular flexibility index (Phi) is 6.93. The van der Waals surface area contributed by atoms with Gasteiger partial charge in [-0.15, -0.1) is 0 Å². The second-order valence-corrected chi connectivity index (χ2v) is 5.70. The maximum atomic E-state index is 12.2. The summed E-state index contributed by atoms with van der Waals surface area (Å²) >= 11 is 0. The third kappa shape index (κ3) is 4.66. The molecule has 0 saturated heterocycles. The average Bonchev–Trinajstić information content (AvgIpc) is 2.35. The maximum Gasteiger partial charge on any atom is 0.240 e. The van der Waals surface area contributed by atoms with Gasteiger partial charge in [0.05, 0.1) is 6.07 Å². The summed E-state index contributed by atoms with van der Waals surface area (Å²) in [5, 5.41) is 21.3. The van der Waals surface area contributed by atoms with Gasteiger partial charge in [-0.3, -0.25) is 4.79 Å². The molecule has 0 saturated carbocycles. The third-order valence-electron chi connectivity index (χ3n) is 3.16. The van der Waals surface area contributed by atoms with E-state index in [2.05, 4.69) is 11.4 Å². The Morgan fingerprint density at radius 1 is 1.28 bits per heavy atom. The molecule has 0 fully saturated rings. The van der Waals surface area contributed by atoms with Crippen LogP contribution in [0.4, 0.5) is 0 Å². The Balaban J connectivity index is 4.72. The minimum atomic E-state index is -0.908. The Labute approximate surface area is 110 Å². The monoisotopic (exact) mass is 254 g/mol. The zero-order valence-corrected chi connectivity index (χ0v) is 12.0. The number of amides is 1. The first-order valence-electron chi connectivity index (χ1n) is 6.68. The molecule has 0 aliphatic heterocycles. The molecule has 0 aromatic rings. The van der Waals surface area contributed by atoms with Gasteiger partial charge in [-0.25, -0.2) is 0 Å². The van der Waals surface area contributed by atoms with E-state index in [-0.39, 0.29) is 17.9 Å². The normalized spacial score (nSPS) is 12.0. The van der Waals surface area contributed by atoms with E-state index in [1.165, 1.54) is 0 Å². The number of nitrogens with one attached hydrogen (secondary N) is 1. The first-order valence-corrected chi connectivity index (χ1v) is 6.68. The van der Waals surface area contributed by atoms with Crippen molar-refractivity contribution in [1.29, 1.82) is 5.26 Å². The van der Waals surface area contributed by atoms with Gasteiger partial charge in [-0.2, -0.15) is 5.26 Å². The van der Waals surface area contributed by atoms with Gasteiger partial charge in [0.25, 0.3) is 0 Å². The van der Waals surface area contributed by atoms with Crippen molar-refractivity contribution in [2.75, 3.05) is 13.2 Å². The second kappa shape index (κ2) is 7.38. The lowest BCUT2D eigenvalue weighted by molar-refractivity contribution is -0.129. The van der Waals surface area contributed by atoms with Crippen LogP contribution >= 0.6 is 0 Å². The van der Waals surface area contributed by atoms with Crippen molar-refractivity contribution >= 4 is 5.91 Å². The number of hydrogen-bond acceptors (Lipinski definition) is 3. The van der Waals surface area contributed by atoms with E-state index in [1.54, 1.807) is 0 Å². The van der Waals surface area contributed by atoms with Gasteiger partial charge in [0, 0.05) is 18.6 Å². The van der Waals surface area contributed by atoms with Gasteiger partial charge in [0.2, 0.25) is 5.91 Å². The smallest absolute Gasteiger partial charge is 0.240 e. The van der Waals surface area contributed by atoms with E-state index in [0.717, 1.165) is 12.8 Å². The molecule has 0 heterocycles. The van der Waals surface area contributed by atoms with E-state index >= 15 is 0 Å². The summed E-state index contributed by atoms with van der Waals surface area (Å²) in [4.78, 5) is 12.2. The number of carbonyl (C=O) groups is 1. The molecule has 0 spiro atoms. The van der Waals surface area contributed by atoms with Crippen molar-refractivity contribution in [2.45, 2.75) is 53.4 Å². The first kappa shape index (κ1) is 16.9. The van der Waals surface area contributed by atoms with Crippen molar-refractivity contribution < 1.29 is 9.90 Å². The lowest BCUT2D eigenvalue weighted by atomic mass is 9.79. The molecule has 0 aliphatic rings. The highest BCUT2D eigenvalue weighted by molar-refractivity contribution is 5.85. The number of rotatable bonds is 8. The van der Waals surface area contributed by atoms with Crippen molar-refractivity contribution in [2.24, 2.45) is 10.8 Å². The van der Waals surface area contributed by atoms with Crippen molar-refractivity contribution in [3.63, 3.8) is 0 Å². The highest BCUT2D eigenvalue weighted by atomic mass is 16.3. The summed E-state index contributed by atoms with van der Waals surface area (Å²) in [6.07, 6.45) is 2.79. The highest BCUT2D eigenvalue weighted by Gasteiger charge is 2.37. The number of nitriles is 1. The zero-order valence-electron chi connectivity index (χ0n) is 12.0. The van der Waals surface area contributed by atoms with Gasteiger partial charge in [-0.05, 0) is 12.8 Å². The lowest BCUT2D eigenvalue weighted by Gasteiger charge is -2.28. The van der Waals surface area contributed by atoms with Crippen LogP contribution in [0.1, 0.15) is 53.4 Å². The summed E-state index contributed by atoms with van der Waals surface area (Å²) in [6, 6.07) is 2.20. The number of carbonyl (C=O) groups excluding carboxylic acids is 1. The van der Waals surface area contributed by atoms with Gasteiger partial charge in [0.1, 0.15) is 5.41 Å². The molecular weight excluding hydrogens is 228 g/mol. The number of aliphatic hydroxyl groups excluding tert-OH is 1. The fourth-order valence-electron chi connectivity index (χ4n) is 1.91. The predicted molar refractivity (Wildman–Crippen MR) is 71.7 cm³/mol. The molecule has 18 heavy (non-hydrogen) atoms. The third-order valence-corrected chi connectivity index (χ3v) is 3.16. The Bertz CT molecular complexity index is 299. The summed E-state index contributed by atoms with van der Waals surface area (Å²) < 4.78 is 0. The van der Waals surface area contributed by atoms with Crippen molar-refractivity contribution in [3.8, 4) is 6.07 Å². The number of nitrogens with zero attached hydrogens (tertiary/aromatic N) is 1. The quantitative estimate of drug-likeness (QED) is 0.697. The lowest BCUT2D eigenvalue weighted by Crippen LogP contribution is -2.44. The molecule has 0 bridgehead atoms. The van der Waals surface area contributed by atoms with Crippen LogP contribution in [0.5, 0.6) is 0 Å². The molecular formula is C14H26N2O2. The standard InChI is InChI=1S/C14H26N2O2/c1-5-7-14(9-15,8-6-2)12(18)16-10-13(3,4)11-17/h17H,5-8,10-11H2,1-4H3,(H,16,18). The molecule has 0 aromatic heterocycles. The van der Waals surface area contributed by atoms with E-state index in [1.807, 2.05) is 27.7 Å². The molecule has 4 heteroatoms. The zero-order chi connectivity index (χ0) is 14.2. The molecule has 0 atom stereocenters. The van der Waals surface area contributed by atoms with Gasteiger partial charge in [0.15, 0.2) is 0 Å². The van der Waals surface area contributed by atoms with Crippen LogP contribution in [0.15, 0.2) is 0 Å². The van der Waals surface area contributed by atoms with Crippen molar-refractivity contribution in [3.05, 3.63) is 0 Å². The Morgan fingerprint density at radius 2 is 1.78 bits per heavy atom. The van der Waals surface area contributed by atoms with Crippen LogP contribution < -0.4 is 5.32 Å². The van der Waals surface area contributed by atoms with Crippen LogP contribution in [-0.2, 0) is 4.79 Å². The highest BCUT2D eigenvalue weighted by Crippen LogP contribution is 2.29. The summed E-state index contributed by atoms with van der Waals surface area (Å²) in [5.41, 5.74) is -1.26. The minimum Gasteiger partial charge on any atom is -0.396 e. The largest absolute Gasteiger partial charge is 0.396 e. The fraction of sp³-hybridized carbons (Fsp3) is 0.857. The van der Waals surface area contributed by atoms with Crippen LogP contribution in [0.2, 0.25) is 0 Å². The number of aliphatic hydroxyl groups is 1. The van der Waals surface area contributed by atoms with Crippen molar-refractivity contribution in [1.82, 2.24) is 5.32 Å². The average molecular weight is 254 g/mol. The maximum absolute atomic E-state index is 12.2. The Morgan fingerprint density at radius 3 is 2.11 bits per heavy atom. The topological polar surface area (TPSA) is 73.1 Å².